The minimum absolute atomic E-state index is 0. The van der Waals surface area contributed by atoms with Gasteiger partial charge in [0.25, 0.3) is 0 Å². The summed E-state index contributed by atoms with van der Waals surface area (Å²) in [6.45, 7) is 9.33. The lowest BCUT2D eigenvalue weighted by Crippen LogP contribution is -2.41. The van der Waals surface area contributed by atoms with Gasteiger partial charge in [0, 0.05) is 31.7 Å². The van der Waals surface area contributed by atoms with Crippen molar-refractivity contribution in [3.63, 3.8) is 0 Å². The first-order valence-corrected chi connectivity index (χ1v) is 10.1. The van der Waals surface area contributed by atoms with Gasteiger partial charge in [-0.1, -0.05) is 30.3 Å². The molecule has 6 heteroatoms. The monoisotopic (exact) mass is 487 g/mol. The Hall–Kier alpha value is -0.860. The Morgan fingerprint density at radius 2 is 2.04 bits per heavy atom. The van der Waals surface area contributed by atoms with Crippen molar-refractivity contribution in [2.24, 2.45) is 4.99 Å². The van der Waals surface area contributed by atoms with Crippen LogP contribution in [0.4, 0.5) is 0 Å². The average Bonchev–Trinajstić information content (AvgIpc) is 3.05. The van der Waals surface area contributed by atoms with Crippen LogP contribution in [0.1, 0.15) is 38.7 Å². The molecule has 154 valence electrons. The number of benzene rings is 1. The van der Waals surface area contributed by atoms with E-state index >= 15 is 0 Å². The second kappa shape index (κ2) is 13.3. The number of nitrogens with zero attached hydrogens (tertiary/aromatic N) is 3. The molecule has 5 nitrogen and oxygen atoms in total. The molecule has 1 aromatic rings. The van der Waals surface area contributed by atoms with Gasteiger partial charge in [-0.15, -0.1) is 24.0 Å². The first kappa shape index (κ1) is 24.2. The summed E-state index contributed by atoms with van der Waals surface area (Å²) in [5, 5.41) is 6.87. The molecule has 0 bridgehead atoms. The van der Waals surface area contributed by atoms with Crippen molar-refractivity contribution in [1.29, 1.82) is 0 Å². The molecule has 0 spiro atoms. The van der Waals surface area contributed by atoms with Gasteiger partial charge in [0.1, 0.15) is 0 Å². The fourth-order valence-electron chi connectivity index (χ4n) is 3.40. The van der Waals surface area contributed by atoms with E-state index in [4.69, 9.17) is 4.99 Å². The van der Waals surface area contributed by atoms with E-state index in [0.717, 1.165) is 38.6 Å². The van der Waals surface area contributed by atoms with E-state index < -0.39 is 0 Å². The first-order chi connectivity index (χ1) is 12.6. The minimum atomic E-state index is 0. The molecule has 1 saturated heterocycles. The molecule has 1 aromatic carbocycles. The summed E-state index contributed by atoms with van der Waals surface area (Å²) < 4.78 is 0. The Labute approximate surface area is 183 Å². The molecule has 2 rings (SSSR count). The van der Waals surface area contributed by atoms with E-state index in [2.05, 4.69) is 78.7 Å². The van der Waals surface area contributed by atoms with Crippen LogP contribution < -0.4 is 10.6 Å². The van der Waals surface area contributed by atoms with Crippen molar-refractivity contribution in [3.05, 3.63) is 35.9 Å². The van der Waals surface area contributed by atoms with Gasteiger partial charge in [-0.05, 0) is 59.3 Å². The molecular weight excluding hydrogens is 449 g/mol. The minimum Gasteiger partial charge on any atom is -0.357 e. The Morgan fingerprint density at radius 1 is 1.30 bits per heavy atom. The van der Waals surface area contributed by atoms with Crippen molar-refractivity contribution in [2.45, 2.75) is 51.7 Å². The molecule has 1 aliphatic heterocycles. The highest BCUT2D eigenvalue weighted by Crippen LogP contribution is 2.14. The Kier molecular flexibility index (Phi) is 11.9. The normalized spacial score (nSPS) is 19.0. The van der Waals surface area contributed by atoms with Crippen LogP contribution in [0.5, 0.6) is 0 Å². The number of halogens is 1. The van der Waals surface area contributed by atoms with Crippen molar-refractivity contribution >= 4 is 29.9 Å². The Balaban J connectivity index is 0.00000364. The van der Waals surface area contributed by atoms with Crippen LogP contribution in [-0.4, -0.2) is 68.1 Å². The molecule has 2 unspecified atom stereocenters. The summed E-state index contributed by atoms with van der Waals surface area (Å²) in [5.74, 6) is 0.950. The zero-order valence-electron chi connectivity index (χ0n) is 17.4. The van der Waals surface area contributed by atoms with E-state index in [1.807, 2.05) is 0 Å². The fourth-order valence-corrected chi connectivity index (χ4v) is 3.40. The standard InChI is InChI=1S/C21H37N5.HI/c1-5-22-21(24-16-20-12-9-15-25(20)3)23-14-13-18(2)26(4)17-19-10-7-6-8-11-19;/h6-8,10-11,18,20H,5,9,12-17H2,1-4H3,(H2,22,23,24);1H. The Bertz CT molecular complexity index is 537. The molecule has 27 heavy (non-hydrogen) atoms. The van der Waals surface area contributed by atoms with Crippen molar-refractivity contribution in [3.8, 4) is 0 Å². The number of nitrogens with one attached hydrogen (secondary N) is 2. The highest BCUT2D eigenvalue weighted by atomic mass is 127. The average molecular weight is 487 g/mol. The SMILES string of the molecule is CCNC(=NCC1CCCN1C)NCCC(C)N(C)Cc1ccccc1.I. The molecule has 0 radical (unpaired) electrons. The maximum absolute atomic E-state index is 4.79. The maximum Gasteiger partial charge on any atom is 0.191 e. The lowest BCUT2D eigenvalue weighted by Gasteiger charge is -2.25. The summed E-state index contributed by atoms with van der Waals surface area (Å²) in [6.07, 6.45) is 3.66. The van der Waals surface area contributed by atoms with Crippen LogP contribution in [0.25, 0.3) is 0 Å². The molecule has 2 N–H and O–H groups in total. The second-order valence-corrected chi connectivity index (χ2v) is 7.46. The molecule has 0 aromatic heterocycles. The maximum atomic E-state index is 4.79. The third kappa shape index (κ3) is 8.79. The highest BCUT2D eigenvalue weighted by molar-refractivity contribution is 14.0. The lowest BCUT2D eigenvalue weighted by atomic mass is 10.1. The van der Waals surface area contributed by atoms with Crippen molar-refractivity contribution in [2.75, 3.05) is 40.3 Å². The largest absolute Gasteiger partial charge is 0.357 e. The quantitative estimate of drug-likeness (QED) is 0.319. The summed E-state index contributed by atoms with van der Waals surface area (Å²) >= 11 is 0. The summed E-state index contributed by atoms with van der Waals surface area (Å²) in [5.41, 5.74) is 1.37. The smallest absolute Gasteiger partial charge is 0.191 e. The third-order valence-electron chi connectivity index (χ3n) is 5.36. The number of likely N-dealkylation sites (tertiary alicyclic amines) is 1. The number of rotatable bonds is 9. The van der Waals surface area contributed by atoms with Crippen LogP contribution in [0.2, 0.25) is 0 Å². The number of aliphatic imine (C=N–C) groups is 1. The van der Waals surface area contributed by atoms with Gasteiger partial charge in [0.2, 0.25) is 0 Å². The van der Waals surface area contributed by atoms with Crippen LogP contribution in [0.3, 0.4) is 0 Å². The van der Waals surface area contributed by atoms with Crippen LogP contribution in [0.15, 0.2) is 35.3 Å². The predicted molar refractivity (Wildman–Crippen MR) is 127 cm³/mol. The van der Waals surface area contributed by atoms with Gasteiger partial charge in [0.05, 0.1) is 6.54 Å². The fraction of sp³-hybridized carbons (Fsp3) is 0.667. The zero-order chi connectivity index (χ0) is 18.8. The van der Waals surface area contributed by atoms with Gasteiger partial charge in [-0.25, -0.2) is 0 Å². The molecule has 1 aliphatic rings. The molecule has 0 aliphatic carbocycles. The first-order valence-electron chi connectivity index (χ1n) is 10.1. The van der Waals surface area contributed by atoms with Crippen LogP contribution in [0, 0.1) is 0 Å². The van der Waals surface area contributed by atoms with Crippen molar-refractivity contribution in [1.82, 2.24) is 20.4 Å². The predicted octanol–water partition coefficient (Wildman–Crippen LogP) is 3.16. The van der Waals surface area contributed by atoms with E-state index in [9.17, 15) is 0 Å². The number of hydrogen-bond acceptors (Lipinski definition) is 3. The summed E-state index contributed by atoms with van der Waals surface area (Å²) in [6, 6.07) is 11.8. The van der Waals surface area contributed by atoms with Gasteiger partial charge >= 0.3 is 0 Å². The zero-order valence-corrected chi connectivity index (χ0v) is 19.8. The van der Waals surface area contributed by atoms with E-state index in [1.165, 1.54) is 24.9 Å². The van der Waals surface area contributed by atoms with Crippen LogP contribution in [-0.2, 0) is 6.54 Å². The molecule has 2 atom stereocenters. The molecular formula is C21H38IN5. The number of likely N-dealkylation sites (N-methyl/N-ethyl adjacent to an activating group) is 1. The number of hydrogen-bond donors (Lipinski definition) is 2. The summed E-state index contributed by atoms with van der Waals surface area (Å²) in [4.78, 5) is 9.63. The Morgan fingerprint density at radius 3 is 2.67 bits per heavy atom. The van der Waals surface area contributed by atoms with Gasteiger partial charge in [-0.3, -0.25) is 9.89 Å². The van der Waals surface area contributed by atoms with Gasteiger partial charge < -0.3 is 15.5 Å². The van der Waals surface area contributed by atoms with Gasteiger partial charge in [-0.2, -0.15) is 0 Å². The van der Waals surface area contributed by atoms with Gasteiger partial charge in [0.15, 0.2) is 5.96 Å². The van der Waals surface area contributed by atoms with Crippen LogP contribution >= 0.6 is 24.0 Å². The molecule has 0 amide bonds. The lowest BCUT2D eigenvalue weighted by molar-refractivity contribution is 0.238. The second-order valence-electron chi connectivity index (χ2n) is 7.46. The highest BCUT2D eigenvalue weighted by Gasteiger charge is 2.20. The molecule has 1 heterocycles. The topological polar surface area (TPSA) is 42.9 Å². The summed E-state index contributed by atoms with van der Waals surface area (Å²) in [7, 11) is 4.41. The third-order valence-corrected chi connectivity index (χ3v) is 5.36. The number of guanidine groups is 1. The van der Waals surface area contributed by atoms with E-state index in [-0.39, 0.29) is 24.0 Å². The molecule has 0 saturated carbocycles. The van der Waals surface area contributed by atoms with Crippen molar-refractivity contribution < 1.29 is 0 Å². The molecule has 1 fully saturated rings. The van der Waals surface area contributed by atoms with E-state index in [1.54, 1.807) is 0 Å². The van der Waals surface area contributed by atoms with E-state index in [0.29, 0.717) is 12.1 Å².